The molecule has 1 atom stereocenters. The highest BCUT2D eigenvalue weighted by Crippen LogP contribution is 2.20. The van der Waals surface area contributed by atoms with Crippen LogP contribution >= 0.6 is 0 Å². The van der Waals surface area contributed by atoms with Gasteiger partial charge in [0.25, 0.3) is 0 Å². The number of hydrogen-bond acceptors (Lipinski definition) is 4. The summed E-state index contributed by atoms with van der Waals surface area (Å²) >= 11 is 0. The van der Waals surface area contributed by atoms with Crippen molar-refractivity contribution in [3.8, 4) is 0 Å². The molecular weight excluding hydrogens is 262 g/mol. The first-order valence-corrected chi connectivity index (χ1v) is 7.71. The zero-order valence-electron chi connectivity index (χ0n) is 12.9. The molecule has 2 aromatic heterocycles. The number of aryl methyl sites for hydroxylation is 2. The van der Waals surface area contributed by atoms with Gasteiger partial charge in [-0.1, -0.05) is 6.07 Å². The molecule has 5 nitrogen and oxygen atoms in total. The van der Waals surface area contributed by atoms with Crippen molar-refractivity contribution in [1.29, 1.82) is 0 Å². The number of piperidine rings is 1. The first-order valence-electron chi connectivity index (χ1n) is 7.71. The minimum absolute atomic E-state index is 0.655. The zero-order valence-corrected chi connectivity index (χ0v) is 12.9. The molecule has 3 heterocycles. The third-order valence-corrected chi connectivity index (χ3v) is 4.11. The van der Waals surface area contributed by atoms with E-state index >= 15 is 0 Å². The van der Waals surface area contributed by atoms with Gasteiger partial charge in [-0.3, -0.25) is 9.88 Å². The second-order valence-electron chi connectivity index (χ2n) is 5.95. The van der Waals surface area contributed by atoms with Gasteiger partial charge >= 0.3 is 0 Å². The largest absolute Gasteiger partial charge is 0.297 e. The van der Waals surface area contributed by atoms with E-state index in [4.69, 9.17) is 0 Å². The summed E-state index contributed by atoms with van der Waals surface area (Å²) in [7, 11) is 0. The van der Waals surface area contributed by atoms with E-state index in [2.05, 4.69) is 36.8 Å². The highest BCUT2D eigenvalue weighted by atomic mass is 15.3. The van der Waals surface area contributed by atoms with Crippen molar-refractivity contribution in [2.24, 2.45) is 5.92 Å². The van der Waals surface area contributed by atoms with Crippen molar-refractivity contribution in [3.63, 3.8) is 0 Å². The van der Waals surface area contributed by atoms with Crippen molar-refractivity contribution < 1.29 is 0 Å². The molecule has 112 valence electrons. The van der Waals surface area contributed by atoms with E-state index < -0.39 is 0 Å². The molecule has 0 spiro atoms. The quantitative estimate of drug-likeness (QED) is 0.864. The van der Waals surface area contributed by atoms with Crippen LogP contribution in [0.15, 0.2) is 24.4 Å². The lowest BCUT2D eigenvalue weighted by molar-refractivity contribution is 0.151. The Kier molecular flexibility index (Phi) is 4.29. The summed E-state index contributed by atoms with van der Waals surface area (Å²) in [6.07, 6.45) is 4.40. The van der Waals surface area contributed by atoms with Crippen molar-refractivity contribution in [2.75, 3.05) is 13.1 Å². The standard InChI is InChI=1S/C16H23N5/c1-13-18-14(2)21(19-13)11-15-6-5-9-20(10-15)12-16-7-3-4-8-17-16/h3-4,7-8,15H,5-6,9-12H2,1-2H3/t15-/m0/s1. The van der Waals surface area contributed by atoms with E-state index in [-0.39, 0.29) is 0 Å². The van der Waals surface area contributed by atoms with E-state index in [9.17, 15) is 0 Å². The summed E-state index contributed by atoms with van der Waals surface area (Å²) < 4.78 is 2.06. The van der Waals surface area contributed by atoms with E-state index in [0.29, 0.717) is 5.92 Å². The fourth-order valence-electron chi connectivity index (χ4n) is 3.14. The van der Waals surface area contributed by atoms with Gasteiger partial charge in [0, 0.05) is 25.8 Å². The zero-order chi connectivity index (χ0) is 14.7. The number of aromatic nitrogens is 4. The van der Waals surface area contributed by atoms with Crippen LogP contribution in [0.1, 0.15) is 30.2 Å². The summed E-state index contributed by atoms with van der Waals surface area (Å²) in [6.45, 7) is 8.21. The molecule has 0 N–H and O–H groups in total. The second kappa shape index (κ2) is 6.35. The van der Waals surface area contributed by atoms with Crippen LogP contribution in [0, 0.1) is 19.8 Å². The van der Waals surface area contributed by atoms with E-state index in [1.54, 1.807) is 0 Å². The molecule has 1 fully saturated rings. The molecule has 0 amide bonds. The van der Waals surface area contributed by atoms with Crippen LogP contribution in [-0.2, 0) is 13.1 Å². The number of pyridine rings is 1. The van der Waals surface area contributed by atoms with Gasteiger partial charge in [-0.2, -0.15) is 5.10 Å². The maximum Gasteiger partial charge on any atom is 0.147 e. The number of rotatable bonds is 4. The first kappa shape index (κ1) is 14.2. The smallest absolute Gasteiger partial charge is 0.147 e. The number of likely N-dealkylation sites (tertiary alicyclic amines) is 1. The Morgan fingerprint density at radius 3 is 2.90 bits per heavy atom. The normalized spacial score (nSPS) is 19.8. The molecular formula is C16H23N5. The monoisotopic (exact) mass is 285 g/mol. The lowest BCUT2D eigenvalue weighted by Gasteiger charge is -2.32. The van der Waals surface area contributed by atoms with Crippen LogP contribution in [-0.4, -0.2) is 37.7 Å². The molecule has 0 aromatic carbocycles. The van der Waals surface area contributed by atoms with Gasteiger partial charge in [-0.05, 0) is 51.3 Å². The lowest BCUT2D eigenvalue weighted by Crippen LogP contribution is -2.37. The molecule has 21 heavy (non-hydrogen) atoms. The van der Waals surface area contributed by atoms with Gasteiger partial charge in [-0.15, -0.1) is 0 Å². The van der Waals surface area contributed by atoms with Crippen LogP contribution in [0.4, 0.5) is 0 Å². The van der Waals surface area contributed by atoms with Crippen LogP contribution in [0.5, 0.6) is 0 Å². The Labute approximate surface area is 126 Å². The highest BCUT2D eigenvalue weighted by molar-refractivity contribution is 5.03. The molecule has 0 bridgehead atoms. The minimum Gasteiger partial charge on any atom is -0.297 e. The predicted molar refractivity (Wildman–Crippen MR) is 81.7 cm³/mol. The molecule has 0 unspecified atom stereocenters. The molecule has 5 heteroatoms. The van der Waals surface area contributed by atoms with Gasteiger partial charge in [-0.25, -0.2) is 9.67 Å². The number of hydrogen-bond donors (Lipinski definition) is 0. The van der Waals surface area contributed by atoms with Crippen molar-refractivity contribution in [3.05, 3.63) is 41.7 Å². The van der Waals surface area contributed by atoms with Gasteiger partial charge in [0.1, 0.15) is 11.6 Å². The van der Waals surface area contributed by atoms with Crippen LogP contribution < -0.4 is 0 Å². The van der Waals surface area contributed by atoms with Crippen molar-refractivity contribution >= 4 is 0 Å². The summed E-state index contributed by atoms with van der Waals surface area (Å²) in [6, 6.07) is 6.14. The van der Waals surface area contributed by atoms with Gasteiger partial charge in [0.15, 0.2) is 0 Å². The topological polar surface area (TPSA) is 46.8 Å². The molecule has 1 saturated heterocycles. The molecule has 0 saturated carbocycles. The Bertz CT molecular complexity index is 578. The molecule has 0 aliphatic carbocycles. The fraction of sp³-hybridized carbons (Fsp3) is 0.562. The Hall–Kier alpha value is -1.75. The Balaban J connectivity index is 1.59. The Morgan fingerprint density at radius 1 is 1.29 bits per heavy atom. The summed E-state index contributed by atoms with van der Waals surface area (Å²) in [5.74, 6) is 2.55. The maximum absolute atomic E-state index is 4.49. The minimum atomic E-state index is 0.655. The lowest BCUT2D eigenvalue weighted by atomic mass is 9.98. The van der Waals surface area contributed by atoms with Crippen LogP contribution in [0.3, 0.4) is 0 Å². The van der Waals surface area contributed by atoms with Gasteiger partial charge < -0.3 is 0 Å². The van der Waals surface area contributed by atoms with Gasteiger partial charge in [0.2, 0.25) is 0 Å². The van der Waals surface area contributed by atoms with E-state index in [1.165, 1.54) is 19.4 Å². The maximum atomic E-state index is 4.49. The third-order valence-electron chi connectivity index (χ3n) is 4.11. The van der Waals surface area contributed by atoms with E-state index in [1.807, 2.05) is 26.1 Å². The van der Waals surface area contributed by atoms with Crippen molar-refractivity contribution in [2.45, 2.75) is 39.8 Å². The SMILES string of the molecule is Cc1nc(C)n(C[C@H]2CCCN(Cc3ccccn3)C2)n1. The summed E-state index contributed by atoms with van der Waals surface area (Å²) in [5, 5.41) is 4.49. The third kappa shape index (κ3) is 3.67. The van der Waals surface area contributed by atoms with Crippen molar-refractivity contribution in [1.82, 2.24) is 24.6 Å². The second-order valence-corrected chi connectivity index (χ2v) is 5.95. The predicted octanol–water partition coefficient (Wildman–Crippen LogP) is 2.20. The average Bonchev–Trinajstić information content (AvgIpc) is 2.78. The van der Waals surface area contributed by atoms with Crippen LogP contribution in [0.2, 0.25) is 0 Å². The molecule has 2 aromatic rings. The molecule has 3 rings (SSSR count). The summed E-state index contributed by atoms with van der Waals surface area (Å²) in [4.78, 5) is 11.3. The molecule has 1 aliphatic heterocycles. The number of nitrogens with zero attached hydrogens (tertiary/aromatic N) is 5. The van der Waals surface area contributed by atoms with Crippen LogP contribution in [0.25, 0.3) is 0 Å². The average molecular weight is 285 g/mol. The van der Waals surface area contributed by atoms with Gasteiger partial charge in [0.05, 0.1) is 5.69 Å². The fourth-order valence-corrected chi connectivity index (χ4v) is 3.14. The molecule has 1 aliphatic rings. The highest BCUT2D eigenvalue weighted by Gasteiger charge is 2.21. The summed E-state index contributed by atoms with van der Waals surface area (Å²) in [5.41, 5.74) is 1.16. The Morgan fingerprint density at radius 2 is 2.19 bits per heavy atom. The van der Waals surface area contributed by atoms with E-state index in [0.717, 1.165) is 37.0 Å². The molecule has 0 radical (unpaired) electrons. The first-order chi connectivity index (χ1) is 10.2.